The second-order valence-corrected chi connectivity index (χ2v) is 4.93. The molecule has 0 saturated heterocycles. The number of thiophene rings is 1. The minimum atomic E-state index is -0.128. The van der Waals surface area contributed by atoms with E-state index in [9.17, 15) is 4.79 Å². The van der Waals surface area contributed by atoms with Gasteiger partial charge in [0.15, 0.2) is 0 Å². The minimum absolute atomic E-state index is 0.128. The summed E-state index contributed by atoms with van der Waals surface area (Å²) in [4.78, 5) is 13.6. The summed E-state index contributed by atoms with van der Waals surface area (Å²) in [5, 5.41) is 6.88. The van der Waals surface area contributed by atoms with E-state index >= 15 is 0 Å². The molecule has 0 fully saturated rings. The van der Waals surface area contributed by atoms with E-state index in [1.165, 1.54) is 0 Å². The average molecular weight is 276 g/mol. The van der Waals surface area contributed by atoms with Crippen molar-refractivity contribution in [1.29, 1.82) is 0 Å². The van der Waals surface area contributed by atoms with Crippen molar-refractivity contribution in [2.45, 2.75) is 6.54 Å². The predicted octanol–water partition coefficient (Wildman–Crippen LogP) is 3.42. The van der Waals surface area contributed by atoms with Gasteiger partial charge in [0.2, 0.25) is 0 Å². The van der Waals surface area contributed by atoms with Crippen molar-refractivity contribution in [3.63, 3.8) is 0 Å². The molecule has 2 amide bonds. The summed E-state index contributed by atoms with van der Waals surface area (Å²) in [5.41, 5.74) is 1.89. The van der Waals surface area contributed by atoms with Gasteiger partial charge in [0.05, 0.1) is 7.11 Å². The number of nitrogens with one attached hydrogen (secondary N) is 1. The molecule has 1 aromatic heterocycles. The molecule has 1 N–H and O–H groups in total. The highest BCUT2D eigenvalue weighted by Crippen LogP contribution is 2.16. The Morgan fingerprint density at radius 2 is 2.05 bits per heavy atom. The number of carbonyl (C=O) groups is 1. The Labute approximate surface area is 116 Å². The van der Waals surface area contributed by atoms with Crippen LogP contribution in [0.5, 0.6) is 5.75 Å². The van der Waals surface area contributed by atoms with Gasteiger partial charge in [0.25, 0.3) is 0 Å². The number of nitrogens with zero attached hydrogens (tertiary/aromatic N) is 1. The van der Waals surface area contributed by atoms with E-state index in [2.05, 4.69) is 5.32 Å². The fraction of sp³-hybridized carbons (Fsp3) is 0.214. The van der Waals surface area contributed by atoms with Gasteiger partial charge in [-0.05, 0) is 46.7 Å². The lowest BCUT2D eigenvalue weighted by Crippen LogP contribution is -2.30. The van der Waals surface area contributed by atoms with E-state index < -0.39 is 0 Å². The Bertz CT molecular complexity index is 523. The standard InChI is InChI=1S/C14H16N2O2S/c1-16(9-11-7-8-19-10-11)14(17)15-12-3-5-13(18-2)6-4-12/h3-8,10H,9H2,1-2H3,(H,15,17). The van der Waals surface area contributed by atoms with Gasteiger partial charge in [-0.2, -0.15) is 11.3 Å². The Morgan fingerprint density at radius 3 is 2.63 bits per heavy atom. The molecule has 5 heteroatoms. The highest BCUT2D eigenvalue weighted by Gasteiger charge is 2.09. The molecule has 4 nitrogen and oxygen atoms in total. The summed E-state index contributed by atoms with van der Waals surface area (Å²) >= 11 is 1.63. The van der Waals surface area contributed by atoms with Gasteiger partial charge < -0.3 is 15.0 Å². The maximum Gasteiger partial charge on any atom is 0.321 e. The number of hydrogen-bond donors (Lipinski definition) is 1. The zero-order valence-corrected chi connectivity index (χ0v) is 11.7. The van der Waals surface area contributed by atoms with E-state index in [-0.39, 0.29) is 6.03 Å². The Morgan fingerprint density at radius 1 is 1.32 bits per heavy atom. The summed E-state index contributed by atoms with van der Waals surface area (Å²) in [7, 11) is 3.39. The summed E-state index contributed by atoms with van der Waals surface area (Å²) in [5.74, 6) is 0.768. The summed E-state index contributed by atoms with van der Waals surface area (Å²) in [6.07, 6.45) is 0. The maximum atomic E-state index is 12.0. The SMILES string of the molecule is COc1ccc(NC(=O)N(C)Cc2ccsc2)cc1. The van der Waals surface area contributed by atoms with Crippen molar-refractivity contribution in [3.8, 4) is 5.75 Å². The van der Waals surface area contributed by atoms with Crippen LogP contribution < -0.4 is 10.1 Å². The third-order valence-corrected chi connectivity index (χ3v) is 3.42. The quantitative estimate of drug-likeness (QED) is 0.929. The third-order valence-electron chi connectivity index (χ3n) is 2.69. The fourth-order valence-corrected chi connectivity index (χ4v) is 2.28. The first-order valence-corrected chi connectivity index (χ1v) is 6.80. The maximum absolute atomic E-state index is 12.0. The molecule has 0 aliphatic carbocycles. The number of urea groups is 1. The lowest BCUT2D eigenvalue weighted by Gasteiger charge is -2.17. The molecule has 2 aromatic rings. The van der Waals surface area contributed by atoms with E-state index in [0.717, 1.165) is 17.0 Å². The Balaban J connectivity index is 1.92. The Hall–Kier alpha value is -2.01. The molecule has 0 atom stereocenters. The van der Waals surface area contributed by atoms with Crippen LogP contribution in [-0.2, 0) is 6.54 Å². The van der Waals surface area contributed by atoms with E-state index in [4.69, 9.17) is 4.74 Å². The lowest BCUT2D eigenvalue weighted by atomic mass is 10.3. The van der Waals surface area contributed by atoms with Crippen LogP contribution in [0.1, 0.15) is 5.56 Å². The molecule has 0 radical (unpaired) electrons. The van der Waals surface area contributed by atoms with Crippen LogP contribution in [-0.4, -0.2) is 25.1 Å². The lowest BCUT2D eigenvalue weighted by molar-refractivity contribution is 0.221. The average Bonchev–Trinajstić information content (AvgIpc) is 2.92. The molecular weight excluding hydrogens is 260 g/mol. The number of ether oxygens (including phenoxy) is 1. The second-order valence-electron chi connectivity index (χ2n) is 4.15. The van der Waals surface area contributed by atoms with Crippen molar-refractivity contribution < 1.29 is 9.53 Å². The summed E-state index contributed by atoms with van der Waals surface area (Å²) in [6, 6.07) is 9.14. The van der Waals surface area contributed by atoms with Gasteiger partial charge in [-0.15, -0.1) is 0 Å². The van der Waals surface area contributed by atoms with Gasteiger partial charge in [-0.3, -0.25) is 0 Å². The molecule has 0 aliphatic rings. The molecule has 19 heavy (non-hydrogen) atoms. The van der Waals surface area contributed by atoms with E-state index in [1.54, 1.807) is 30.4 Å². The van der Waals surface area contributed by atoms with Crippen LogP contribution in [0.25, 0.3) is 0 Å². The van der Waals surface area contributed by atoms with Crippen molar-refractivity contribution in [3.05, 3.63) is 46.7 Å². The minimum Gasteiger partial charge on any atom is -0.497 e. The summed E-state index contributed by atoms with van der Waals surface area (Å²) < 4.78 is 5.07. The summed E-state index contributed by atoms with van der Waals surface area (Å²) in [6.45, 7) is 0.603. The number of carbonyl (C=O) groups excluding carboxylic acids is 1. The number of rotatable bonds is 4. The van der Waals surface area contributed by atoms with E-state index in [0.29, 0.717) is 6.54 Å². The van der Waals surface area contributed by atoms with Gasteiger partial charge >= 0.3 is 6.03 Å². The smallest absolute Gasteiger partial charge is 0.321 e. The van der Waals surface area contributed by atoms with Crippen molar-refractivity contribution in [2.75, 3.05) is 19.5 Å². The highest BCUT2D eigenvalue weighted by molar-refractivity contribution is 7.07. The highest BCUT2D eigenvalue weighted by atomic mass is 32.1. The van der Waals surface area contributed by atoms with Gasteiger partial charge in [-0.25, -0.2) is 4.79 Å². The first-order valence-electron chi connectivity index (χ1n) is 5.86. The van der Waals surface area contributed by atoms with Gasteiger partial charge in [0.1, 0.15) is 5.75 Å². The molecule has 1 heterocycles. The third kappa shape index (κ3) is 3.72. The van der Waals surface area contributed by atoms with Gasteiger partial charge in [0, 0.05) is 19.3 Å². The molecule has 0 saturated carbocycles. The van der Waals surface area contributed by atoms with Gasteiger partial charge in [-0.1, -0.05) is 0 Å². The first kappa shape index (κ1) is 13.4. The molecule has 0 unspecified atom stereocenters. The first-order chi connectivity index (χ1) is 9.19. The molecule has 2 rings (SSSR count). The molecule has 0 bridgehead atoms. The van der Waals surface area contributed by atoms with Crippen molar-refractivity contribution in [1.82, 2.24) is 4.90 Å². The van der Waals surface area contributed by atoms with Crippen LogP contribution in [0.4, 0.5) is 10.5 Å². The van der Waals surface area contributed by atoms with Crippen LogP contribution in [0.15, 0.2) is 41.1 Å². The topological polar surface area (TPSA) is 41.6 Å². The number of hydrogen-bond acceptors (Lipinski definition) is 3. The monoisotopic (exact) mass is 276 g/mol. The van der Waals surface area contributed by atoms with E-state index in [1.807, 2.05) is 41.1 Å². The number of methoxy groups -OCH3 is 1. The number of anilines is 1. The zero-order valence-electron chi connectivity index (χ0n) is 10.9. The second kappa shape index (κ2) is 6.24. The van der Waals surface area contributed by atoms with Crippen molar-refractivity contribution >= 4 is 23.1 Å². The van der Waals surface area contributed by atoms with Crippen LogP contribution >= 0.6 is 11.3 Å². The largest absolute Gasteiger partial charge is 0.497 e. The molecule has 100 valence electrons. The Kier molecular flexibility index (Phi) is 4.41. The molecule has 0 spiro atoms. The fourth-order valence-electron chi connectivity index (χ4n) is 1.62. The number of benzene rings is 1. The van der Waals surface area contributed by atoms with Crippen molar-refractivity contribution in [2.24, 2.45) is 0 Å². The van der Waals surface area contributed by atoms with Crippen LogP contribution in [0.3, 0.4) is 0 Å². The molecule has 1 aromatic carbocycles. The van der Waals surface area contributed by atoms with Crippen LogP contribution in [0, 0.1) is 0 Å². The zero-order chi connectivity index (χ0) is 13.7. The molecule has 0 aliphatic heterocycles. The normalized spacial score (nSPS) is 10.0. The predicted molar refractivity (Wildman–Crippen MR) is 77.8 cm³/mol. The number of amides is 2. The van der Waals surface area contributed by atoms with Crippen LogP contribution in [0.2, 0.25) is 0 Å². The molecular formula is C14H16N2O2S.